The van der Waals surface area contributed by atoms with Gasteiger partial charge >= 0.3 is 5.97 Å². The Kier molecular flexibility index (Phi) is 19.1. The first-order valence-corrected chi connectivity index (χ1v) is 10.2. The van der Waals surface area contributed by atoms with E-state index < -0.39 is 0 Å². The average Bonchev–Trinajstić information content (AvgIpc) is 2.60. The Hall–Kier alpha value is -1.05. The standard InChI is InChI=1S/C22H40O2/c1-3-4-5-6-7-8-9-10-11-12-13-14-15-16-17-18-19-20-21-22(23)24-2/h8-9,11-12H,3-7,10,13-21H2,1-2H3/b9-8+,12-11+. The third-order valence-corrected chi connectivity index (χ3v) is 4.31. The van der Waals surface area contributed by atoms with Gasteiger partial charge in [0.05, 0.1) is 7.11 Å². The van der Waals surface area contributed by atoms with E-state index in [2.05, 4.69) is 36.0 Å². The van der Waals surface area contributed by atoms with E-state index in [1.54, 1.807) is 0 Å². The minimum absolute atomic E-state index is 0.0758. The zero-order valence-corrected chi connectivity index (χ0v) is 16.2. The highest BCUT2D eigenvalue weighted by atomic mass is 16.5. The number of hydrogen-bond acceptors (Lipinski definition) is 2. The Labute approximate surface area is 150 Å². The van der Waals surface area contributed by atoms with Crippen molar-refractivity contribution in [3.63, 3.8) is 0 Å². The highest BCUT2D eigenvalue weighted by molar-refractivity contribution is 5.68. The molecule has 0 aromatic heterocycles. The molecule has 0 aromatic rings. The van der Waals surface area contributed by atoms with Gasteiger partial charge in [-0.2, -0.15) is 0 Å². The molecule has 0 saturated heterocycles. The molecule has 2 heteroatoms. The molecule has 0 bridgehead atoms. The van der Waals surface area contributed by atoms with Gasteiger partial charge in [-0.15, -0.1) is 0 Å². The number of hydrogen-bond donors (Lipinski definition) is 0. The summed E-state index contributed by atoms with van der Waals surface area (Å²) in [6, 6.07) is 0. The highest BCUT2D eigenvalue weighted by Crippen LogP contribution is 2.10. The van der Waals surface area contributed by atoms with Crippen LogP contribution >= 0.6 is 0 Å². The molecule has 0 unspecified atom stereocenters. The Balaban J connectivity index is 3.18. The molecular formula is C22H40O2. The largest absolute Gasteiger partial charge is 0.469 e. The van der Waals surface area contributed by atoms with Crippen molar-refractivity contribution in [3.05, 3.63) is 24.3 Å². The van der Waals surface area contributed by atoms with E-state index in [-0.39, 0.29) is 5.97 Å². The third kappa shape index (κ3) is 19.0. The van der Waals surface area contributed by atoms with E-state index in [4.69, 9.17) is 0 Å². The zero-order chi connectivity index (χ0) is 17.7. The van der Waals surface area contributed by atoms with E-state index in [9.17, 15) is 4.79 Å². The third-order valence-electron chi connectivity index (χ3n) is 4.31. The Bertz CT molecular complexity index is 318. The van der Waals surface area contributed by atoms with Crippen molar-refractivity contribution in [3.8, 4) is 0 Å². The molecule has 0 aliphatic heterocycles. The maximum atomic E-state index is 11.0. The normalized spacial score (nSPS) is 11.6. The second-order valence-electron chi connectivity index (χ2n) is 6.62. The van der Waals surface area contributed by atoms with Crippen molar-refractivity contribution < 1.29 is 9.53 Å². The summed E-state index contributed by atoms with van der Waals surface area (Å²) in [5.74, 6) is -0.0758. The average molecular weight is 337 g/mol. The summed E-state index contributed by atoms with van der Waals surface area (Å²) in [7, 11) is 1.46. The van der Waals surface area contributed by atoms with E-state index >= 15 is 0 Å². The Morgan fingerprint density at radius 1 is 0.708 bits per heavy atom. The molecule has 0 rings (SSSR count). The Morgan fingerprint density at radius 3 is 1.75 bits per heavy atom. The first-order chi connectivity index (χ1) is 11.8. The zero-order valence-electron chi connectivity index (χ0n) is 16.2. The molecule has 0 saturated carbocycles. The first kappa shape index (κ1) is 22.9. The minimum atomic E-state index is -0.0758. The van der Waals surface area contributed by atoms with Gasteiger partial charge in [0.1, 0.15) is 0 Å². The number of carbonyl (C=O) groups excluding carboxylic acids is 1. The van der Waals surface area contributed by atoms with E-state index in [0.717, 1.165) is 19.3 Å². The monoisotopic (exact) mass is 336 g/mol. The van der Waals surface area contributed by atoms with Crippen LogP contribution in [0.25, 0.3) is 0 Å². The summed E-state index contributed by atoms with van der Waals surface area (Å²) in [6.45, 7) is 2.26. The number of carbonyl (C=O) groups is 1. The van der Waals surface area contributed by atoms with Crippen molar-refractivity contribution in [2.24, 2.45) is 0 Å². The molecule has 0 N–H and O–H groups in total. The van der Waals surface area contributed by atoms with Crippen LogP contribution in [-0.4, -0.2) is 13.1 Å². The van der Waals surface area contributed by atoms with Crippen LogP contribution < -0.4 is 0 Å². The van der Waals surface area contributed by atoms with Gasteiger partial charge in [-0.05, 0) is 38.5 Å². The van der Waals surface area contributed by atoms with Gasteiger partial charge in [-0.25, -0.2) is 0 Å². The molecule has 0 aromatic carbocycles. The fourth-order valence-corrected chi connectivity index (χ4v) is 2.71. The number of ether oxygens (including phenoxy) is 1. The van der Waals surface area contributed by atoms with Crippen molar-refractivity contribution in [1.82, 2.24) is 0 Å². The molecule has 140 valence electrons. The number of unbranched alkanes of at least 4 members (excludes halogenated alkanes) is 11. The summed E-state index contributed by atoms with van der Waals surface area (Å²) in [4.78, 5) is 11.0. The van der Waals surface area contributed by atoms with Gasteiger partial charge in [0.15, 0.2) is 0 Å². The molecular weight excluding hydrogens is 296 g/mol. The molecule has 0 radical (unpaired) electrons. The Morgan fingerprint density at radius 2 is 1.21 bits per heavy atom. The SMILES string of the molecule is CCCCCC/C=C/C/C=C/CCCCCCCCCC(=O)OC. The molecule has 0 heterocycles. The summed E-state index contributed by atoms with van der Waals surface area (Å²) >= 11 is 0. The number of methoxy groups -OCH3 is 1. The fraction of sp³-hybridized carbons (Fsp3) is 0.773. The van der Waals surface area contributed by atoms with Gasteiger partial charge in [0.25, 0.3) is 0 Å². The van der Waals surface area contributed by atoms with Crippen LogP contribution in [0.3, 0.4) is 0 Å². The topological polar surface area (TPSA) is 26.3 Å². The van der Waals surface area contributed by atoms with Gasteiger partial charge in [-0.3, -0.25) is 4.79 Å². The van der Waals surface area contributed by atoms with Gasteiger partial charge in [0, 0.05) is 6.42 Å². The molecule has 0 aliphatic rings. The lowest BCUT2D eigenvalue weighted by atomic mass is 10.1. The summed E-state index contributed by atoms with van der Waals surface area (Å²) < 4.78 is 4.63. The maximum absolute atomic E-state index is 11.0. The van der Waals surface area contributed by atoms with Crippen LogP contribution in [0, 0.1) is 0 Å². The predicted octanol–water partition coefficient (Wildman–Crippen LogP) is 7.14. The van der Waals surface area contributed by atoms with E-state index in [0.29, 0.717) is 6.42 Å². The lowest BCUT2D eigenvalue weighted by Crippen LogP contribution is -1.99. The van der Waals surface area contributed by atoms with Crippen molar-refractivity contribution in [1.29, 1.82) is 0 Å². The van der Waals surface area contributed by atoms with Crippen molar-refractivity contribution in [2.45, 2.75) is 103 Å². The lowest BCUT2D eigenvalue weighted by molar-refractivity contribution is -0.140. The molecule has 0 fully saturated rings. The molecule has 0 amide bonds. The van der Waals surface area contributed by atoms with Gasteiger partial charge in [-0.1, -0.05) is 82.6 Å². The van der Waals surface area contributed by atoms with Crippen LogP contribution in [0.1, 0.15) is 103 Å². The molecule has 2 nitrogen and oxygen atoms in total. The van der Waals surface area contributed by atoms with Crippen molar-refractivity contribution >= 4 is 5.97 Å². The van der Waals surface area contributed by atoms with Gasteiger partial charge < -0.3 is 4.74 Å². The number of allylic oxidation sites excluding steroid dienone is 4. The van der Waals surface area contributed by atoms with E-state index in [1.165, 1.54) is 77.7 Å². The van der Waals surface area contributed by atoms with Gasteiger partial charge in [0.2, 0.25) is 0 Å². The van der Waals surface area contributed by atoms with Crippen LogP contribution in [-0.2, 0) is 9.53 Å². The van der Waals surface area contributed by atoms with Crippen LogP contribution in [0.2, 0.25) is 0 Å². The minimum Gasteiger partial charge on any atom is -0.469 e. The van der Waals surface area contributed by atoms with E-state index in [1.807, 2.05) is 0 Å². The van der Waals surface area contributed by atoms with Crippen LogP contribution in [0.4, 0.5) is 0 Å². The fourth-order valence-electron chi connectivity index (χ4n) is 2.71. The molecule has 0 atom stereocenters. The second kappa shape index (κ2) is 20.0. The summed E-state index contributed by atoms with van der Waals surface area (Å²) in [5.41, 5.74) is 0. The summed E-state index contributed by atoms with van der Waals surface area (Å²) in [6.07, 6.45) is 27.4. The van der Waals surface area contributed by atoms with Crippen molar-refractivity contribution in [2.75, 3.05) is 7.11 Å². The highest BCUT2D eigenvalue weighted by Gasteiger charge is 1.98. The number of esters is 1. The molecule has 0 spiro atoms. The molecule has 24 heavy (non-hydrogen) atoms. The molecule has 0 aliphatic carbocycles. The summed E-state index contributed by atoms with van der Waals surface area (Å²) in [5, 5.41) is 0. The second-order valence-corrected chi connectivity index (χ2v) is 6.62. The maximum Gasteiger partial charge on any atom is 0.305 e. The quantitative estimate of drug-likeness (QED) is 0.160. The van der Waals surface area contributed by atoms with Crippen LogP contribution in [0.15, 0.2) is 24.3 Å². The lowest BCUT2D eigenvalue weighted by Gasteiger charge is -2.01. The number of rotatable bonds is 17. The first-order valence-electron chi connectivity index (χ1n) is 10.2. The predicted molar refractivity (Wildman–Crippen MR) is 105 cm³/mol. The smallest absolute Gasteiger partial charge is 0.305 e. The van der Waals surface area contributed by atoms with Crippen LogP contribution in [0.5, 0.6) is 0 Å².